The Kier molecular flexibility index (Phi) is 10.3. The molecule has 0 radical (unpaired) electrons. The first-order valence-corrected chi connectivity index (χ1v) is 10.1. The summed E-state index contributed by atoms with van der Waals surface area (Å²) in [6.45, 7) is 9.31. The predicted molar refractivity (Wildman–Crippen MR) is 110 cm³/mol. The number of aliphatic carboxylic acids is 1. The van der Waals surface area contributed by atoms with Crippen LogP contribution in [-0.2, 0) is 19.1 Å². The number of pyridine rings is 1. The highest BCUT2D eigenvalue weighted by Crippen LogP contribution is 2.19. The van der Waals surface area contributed by atoms with Gasteiger partial charge in [-0.15, -0.1) is 0 Å². The molecule has 0 aromatic carbocycles. The molecule has 2 unspecified atom stereocenters. The monoisotopic (exact) mass is 407 g/mol. The lowest BCUT2D eigenvalue weighted by Gasteiger charge is -2.32. The van der Waals surface area contributed by atoms with Gasteiger partial charge in [-0.3, -0.25) is 29.6 Å². The Labute approximate surface area is 172 Å². The standard InChI is InChI=1S/C21H33N3O5/c1-6-15(5)19(23-17(11-14(3)4)21(28)29-7-2)20(27)24(13-18(25)26)16-9-8-10-22-12-16/h8-10,12,14-15,17,19,23H,6-7,11,13H2,1-5H3,(H,25,26)/t15?,17?,19-/m0/s1. The van der Waals surface area contributed by atoms with Gasteiger partial charge in [0.05, 0.1) is 24.5 Å². The molecule has 29 heavy (non-hydrogen) atoms. The molecular formula is C21H33N3O5. The number of carbonyl (C=O) groups is 3. The third kappa shape index (κ3) is 7.81. The van der Waals surface area contributed by atoms with Crippen molar-refractivity contribution in [1.29, 1.82) is 0 Å². The average molecular weight is 408 g/mol. The van der Waals surface area contributed by atoms with E-state index in [9.17, 15) is 19.5 Å². The van der Waals surface area contributed by atoms with E-state index in [0.29, 0.717) is 18.5 Å². The maximum absolute atomic E-state index is 13.4. The fourth-order valence-electron chi connectivity index (χ4n) is 2.99. The van der Waals surface area contributed by atoms with Gasteiger partial charge in [-0.1, -0.05) is 34.1 Å². The minimum Gasteiger partial charge on any atom is -0.480 e. The topological polar surface area (TPSA) is 109 Å². The van der Waals surface area contributed by atoms with Crippen molar-refractivity contribution in [3.8, 4) is 0 Å². The third-order valence-corrected chi connectivity index (χ3v) is 4.66. The van der Waals surface area contributed by atoms with Crippen molar-refractivity contribution in [3.63, 3.8) is 0 Å². The minimum absolute atomic E-state index is 0.125. The lowest BCUT2D eigenvalue weighted by Crippen LogP contribution is -2.56. The van der Waals surface area contributed by atoms with Gasteiger partial charge >= 0.3 is 11.9 Å². The largest absolute Gasteiger partial charge is 0.480 e. The van der Waals surface area contributed by atoms with E-state index < -0.39 is 36.5 Å². The fraction of sp³-hybridized carbons (Fsp3) is 0.619. The van der Waals surface area contributed by atoms with Crippen molar-refractivity contribution in [2.24, 2.45) is 11.8 Å². The summed E-state index contributed by atoms with van der Waals surface area (Å²) in [5.74, 6) is -1.87. The maximum atomic E-state index is 13.4. The lowest BCUT2D eigenvalue weighted by atomic mass is 9.94. The molecule has 1 heterocycles. The molecule has 0 saturated carbocycles. The molecule has 0 aliphatic carbocycles. The first-order valence-electron chi connectivity index (χ1n) is 10.1. The highest BCUT2D eigenvalue weighted by molar-refractivity contribution is 6.00. The van der Waals surface area contributed by atoms with Crippen LogP contribution in [0.15, 0.2) is 24.5 Å². The van der Waals surface area contributed by atoms with Crippen molar-refractivity contribution in [2.45, 2.75) is 59.5 Å². The van der Waals surface area contributed by atoms with Gasteiger partial charge in [-0.25, -0.2) is 0 Å². The molecule has 1 amide bonds. The molecule has 8 heteroatoms. The van der Waals surface area contributed by atoms with Gasteiger partial charge in [0.2, 0.25) is 5.91 Å². The van der Waals surface area contributed by atoms with Gasteiger partial charge in [0.25, 0.3) is 0 Å². The second-order valence-electron chi connectivity index (χ2n) is 7.49. The Morgan fingerprint density at radius 3 is 2.41 bits per heavy atom. The van der Waals surface area contributed by atoms with Crippen LogP contribution in [0, 0.1) is 11.8 Å². The van der Waals surface area contributed by atoms with E-state index in [4.69, 9.17) is 4.74 Å². The number of ether oxygens (including phenoxy) is 1. The molecule has 2 N–H and O–H groups in total. The molecule has 0 aliphatic rings. The number of hydrogen-bond donors (Lipinski definition) is 2. The molecule has 0 fully saturated rings. The summed E-state index contributed by atoms with van der Waals surface area (Å²) in [7, 11) is 0. The summed E-state index contributed by atoms with van der Waals surface area (Å²) in [5, 5.41) is 12.5. The van der Waals surface area contributed by atoms with Gasteiger partial charge in [-0.05, 0) is 37.3 Å². The number of rotatable bonds is 12. The molecule has 1 aromatic heterocycles. The highest BCUT2D eigenvalue weighted by Gasteiger charge is 2.34. The third-order valence-electron chi connectivity index (χ3n) is 4.66. The van der Waals surface area contributed by atoms with Crippen LogP contribution in [0.25, 0.3) is 0 Å². The van der Waals surface area contributed by atoms with Crippen molar-refractivity contribution >= 4 is 23.5 Å². The lowest BCUT2D eigenvalue weighted by molar-refractivity contribution is -0.147. The molecule has 3 atom stereocenters. The van der Waals surface area contributed by atoms with Crippen molar-refractivity contribution in [3.05, 3.63) is 24.5 Å². The Balaban J connectivity index is 3.22. The Bertz CT molecular complexity index is 666. The van der Waals surface area contributed by atoms with Gasteiger partial charge in [0.15, 0.2) is 0 Å². The average Bonchev–Trinajstić information content (AvgIpc) is 2.68. The van der Waals surface area contributed by atoms with Gasteiger partial charge in [0, 0.05) is 6.20 Å². The zero-order valence-corrected chi connectivity index (χ0v) is 17.9. The molecule has 0 saturated heterocycles. The molecule has 8 nitrogen and oxygen atoms in total. The fourth-order valence-corrected chi connectivity index (χ4v) is 2.99. The highest BCUT2D eigenvalue weighted by atomic mass is 16.5. The van der Waals surface area contributed by atoms with E-state index in [1.807, 2.05) is 27.7 Å². The smallest absolute Gasteiger partial charge is 0.323 e. The first kappa shape index (κ1) is 24.6. The van der Waals surface area contributed by atoms with Crippen molar-refractivity contribution in [1.82, 2.24) is 10.3 Å². The van der Waals surface area contributed by atoms with E-state index in [0.717, 1.165) is 0 Å². The number of carboxylic acid groups (broad SMARTS) is 1. The van der Waals surface area contributed by atoms with Crippen molar-refractivity contribution in [2.75, 3.05) is 18.1 Å². The van der Waals surface area contributed by atoms with Gasteiger partial charge in [-0.2, -0.15) is 0 Å². The summed E-state index contributed by atoms with van der Waals surface area (Å²) in [5.41, 5.74) is 0.395. The number of hydrogen-bond acceptors (Lipinski definition) is 6. The number of anilines is 1. The Morgan fingerprint density at radius 1 is 1.24 bits per heavy atom. The van der Waals surface area contributed by atoms with Crippen LogP contribution < -0.4 is 10.2 Å². The first-order chi connectivity index (χ1) is 13.7. The van der Waals surface area contributed by atoms with Crippen LogP contribution in [0.2, 0.25) is 0 Å². The van der Waals surface area contributed by atoms with Crippen LogP contribution >= 0.6 is 0 Å². The van der Waals surface area contributed by atoms with E-state index in [1.54, 1.807) is 25.3 Å². The number of esters is 1. The molecular weight excluding hydrogens is 374 g/mol. The number of aromatic nitrogens is 1. The van der Waals surface area contributed by atoms with Crippen LogP contribution in [0.3, 0.4) is 0 Å². The zero-order chi connectivity index (χ0) is 22.0. The van der Waals surface area contributed by atoms with Gasteiger partial charge in [0.1, 0.15) is 12.6 Å². The quantitative estimate of drug-likeness (QED) is 0.512. The van der Waals surface area contributed by atoms with Crippen LogP contribution in [0.5, 0.6) is 0 Å². The molecule has 1 aromatic rings. The van der Waals surface area contributed by atoms with Crippen molar-refractivity contribution < 1.29 is 24.2 Å². The van der Waals surface area contributed by atoms with E-state index in [-0.39, 0.29) is 18.4 Å². The van der Waals surface area contributed by atoms with Crippen LogP contribution in [0.4, 0.5) is 5.69 Å². The SMILES string of the molecule is CCOC(=O)C(CC(C)C)N[C@H](C(=O)N(CC(=O)O)c1cccnc1)C(C)CC. The number of carboxylic acids is 1. The number of nitrogens with one attached hydrogen (secondary N) is 1. The summed E-state index contributed by atoms with van der Waals surface area (Å²) >= 11 is 0. The Hall–Kier alpha value is -2.48. The molecule has 1 rings (SSSR count). The zero-order valence-electron chi connectivity index (χ0n) is 17.9. The predicted octanol–water partition coefficient (Wildman–Crippen LogP) is 2.48. The van der Waals surface area contributed by atoms with Crippen LogP contribution in [0.1, 0.15) is 47.5 Å². The number of carbonyl (C=O) groups excluding carboxylic acids is 2. The summed E-state index contributed by atoms with van der Waals surface area (Å²) in [6, 6.07) is 1.88. The summed E-state index contributed by atoms with van der Waals surface area (Å²) < 4.78 is 5.18. The molecule has 0 aliphatic heterocycles. The number of nitrogens with zero attached hydrogens (tertiary/aromatic N) is 2. The normalized spacial score (nSPS) is 14.1. The second-order valence-corrected chi connectivity index (χ2v) is 7.49. The molecule has 0 bridgehead atoms. The van der Waals surface area contributed by atoms with E-state index in [1.165, 1.54) is 11.1 Å². The van der Waals surface area contributed by atoms with E-state index in [2.05, 4.69) is 10.3 Å². The number of amides is 1. The minimum atomic E-state index is -1.13. The maximum Gasteiger partial charge on any atom is 0.323 e. The summed E-state index contributed by atoms with van der Waals surface area (Å²) in [6.07, 6.45) is 4.18. The second kappa shape index (κ2) is 12.2. The van der Waals surface area contributed by atoms with Gasteiger partial charge < -0.3 is 9.84 Å². The summed E-state index contributed by atoms with van der Waals surface area (Å²) in [4.78, 5) is 42.4. The molecule has 162 valence electrons. The Morgan fingerprint density at radius 2 is 1.93 bits per heavy atom. The molecule has 0 spiro atoms. The van der Waals surface area contributed by atoms with E-state index >= 15 is 0 Å². The van der Waals surface area contributed by atoms with Crippen LogP contribution in [-0.4, -0.2) is 53.2 Å².